The van der Waals surface area contributed by atoms with Gasteiger partial charge in [0.2, 0.25) is 0 Å². The largest absolute Gasteiger partial charge is 0.481 e. The normalized spacial score (nSPS) is 18.4. The van der Waals surface area contributed by atoms with E-state index >= 15 is 0 Å². The zero-order valence-corrected chi connectivity index (χ0v) is 16.7. The smallest absolute Gasteiger partial charge is 0.263 e. The molecule has 29 heavy (non-hydrogen) atoms. The number of amides is 1. The van der Waals surface area contributed by atoms with Gasteiger partial charge >= 0.3 is 0 Å². The number of hydrogen-bond acceptors (Lipinski definition) is 7. The molecule has 0 N–H and O–H groups in total. The van der Waals surface area contributed by atoms with E-state index in [1.54, 1.807) is 13.1 Å². The van der Waals surface area contributed by atoms with Gasteiger partial charge in [-0.25, -0.2) is 0 Å². The van der Waals surface area contributed by atoms with Crippen LogP contribution in [0.1, 0.15) is 6.92 Å². The fraction of sp³-hybridized carbons (Fsp3) is 0.476. The predicted molar refractivity (Wildman–Crippen MR) is 110 cm³/mol. The van der Waals surface area contributed by atoms with E-state index in [0.29, 0.717) is 18.8 Å². The van der Waals surface area contributed by atoms with Crippen molar-refractivity contribution in [3.63, 3.8) is 0 Å². The number of ether oxygens (including phenoxy) is 2. The second-order valence-corrected chi connectivity index (χ2v) is 7.26. The van der Waals surface area contributed by atoms with Gasteiger partial charge in [-0.2, -0.15) is 5.10 Å². The number of carbonyl (C=O) groups is 1. The first-order valence-electron chi connectivity index (χ1n) is 10.1. The Kier molecular flexibility index (Phi) is 6.09. The number of piperazine rings is 1. The number of aromatic nitrogens is 2. The van der Waals surface area contributed by atoms with Crippen molar-refractivity contribution in [2.24, 2.45) is 0 Å². The van der Waals surface area contributed by atoms with Crippen LogP contribution >= 0.6 is 0 Å². The summed E-state index contributed by atoms with van der Waals surface area (Å²) in [6, 6.07) is 11.5. The molecule has 1 unspecified atom stereocenters. The fourth-order valence-corrected chi connectivity index (χ4v) is 3.66. The zero-order valence-electron chi connectivity index (χ0n) is 16.7. The molecule has 2 aliphatic heterocycles. The third kappa shape index (κ3) is 4.76. The average Bonchev–Trinajstić information content (AvgIpc) is 2.80. The molecule has 8 nitrogen and oxygen atoms in total. The Balaban J connectivity index is 1.32. The highest BCUT2D eigenvalue weighted by Crippen LogP contribution is 2.21. The zero-order chi connectivity index (χ0) is 20.1. The lowest BCUT2D eigenvalue weighted by Gasteiger charge is -2.36. The van der Waals surface area contributed by atoms with Crippen LogP contribution in [0.3, 0.4) is 0 Å². The number of benzene rings is 1. The van der Waals surface area contributed by atoms with Crippen LogP contribution in [-0.4, -0.2) is 79.6 Å². The van der Waals surface area contributed by atoms with Gasteiger partial charge in [0, 0.05) is 45.3 Å². The second kappa shape index (κ2) is 9.09. The van der Waals surface area contributed by atoms with Gasteiger partial charge in [0.25, 0.3) is 5.91 Å². The Bertz CT molecular complexity index is 805. The first kappa shape index (κ1) is 19.4. The lowest BCUT2D eigenvalue weighted by Crippen LogP contribution is -2.52. The third-order valence-corrected chi connectivity index (χ3v) is 5.32. The number of rotatable bonds is 5. The monoisotopic (exact) mass is 397 g/mol. The molecular formula is C21H27N5O3. The summed E-state index contributed by atoms with van der Waals surface area (Å²) in [6.07, 6.45) is 1.30. The van der Waals surface area contributed by atoms with Gasteiger partial charge in [0.1, 0.15) is 5.75 Å². The number of para-hydroxylation sites is 1. The van der Waals surface area contributed by atoms with Crippen LogP contribution in [0.5, 0.6) is 5.75 Å². The van der Waals surface area contributed by atoms with E-state index in [1.807, 2.05) is 35.2 Å². The molecule has 0 bridgehead atoms. The van der Waals surface area contributed by atoms with Crippen LogP contribution in [0.2, 0.25) is 0 Å². The van der Waals surface area contributed by atoms with Gasteiger partial charge in [-0.3, -0.25) is 4.79 Å². The van der Waals surface area contributed by atoms with Crippen LogP contribution < -0.4 is 14.5 Å². The van der Waals surface area contributed by atoms with Crippen molar-refractivity contribution in [2.45, 2.75) is 13.0 Å². The summed E-state index contributed by atoms with van der Waals surface area (Å²) in [4.78, 5) is 19.1. The topological polar surface area (TPSA) is 71.0 Å². The van der Waals surface area contributed by atoms with Gasteiger partial charge in [0.15, 0.2) is 11.9 Å². The molecule has 1 aromatic carbocycles. The lowest BCUT2D eigenvalue weighted by molar-refractivity contribution is -0.138. The average molecular weight is 397 g/mol. The van der Waals surface area contributed by atoms with Crippen LogP contribution in [0.15, 0.2) is 42.6 Å². The molecule has 1 aromatic heterocycles. The molecule has 154 valence electrons. The van der Waals surface area contributed by atoms with Gasteiger partial charge < -0.3 is 24.2 Å². The molecular weight excluding hydrogens is 370 g/mol. The van der Waals surface area contributed by atoms with Crippen LogP contribution in [0, 0.1) is 0 Å². The summed E-state index contributed by atoms with van der Waals surface area (Å²) in [5.41, 5.74) is 1.07. The van der Waals surface area contributed by atoms with Crippen LogP contribution in [0.4, 0.5) is 11.5 Å². The Morgan fingerprint density at radius 2 is 1.76 bits per heavy atom. The van der Waals surface area contributed by atoms with E-state index in [-0.39, 0.29) is 5.91 Å². The SMILES string of the molecule is CC(Oc1ccccc1)C(=O)N1CCN(c2cc(N3CCOCC3)cnn2)CC1. The van der Waals surface area contributed by atoms with Gasteiger partial charge in [-0.05, 0) is 19.1 Å². The van der Waals surface area contributed by atoms with Crippen molar-refractivity contribution in [3.05, 3.63) is 42.6 Å². The van der Waals surface area contributed by atoms with Crippen molar-refractivity contribution in [1.82, 2.24) is 15.1 Å². The van der Waals surface area contributed by atoms with Crippen molar-refractivity contribution < 1.29 is 14.3 Å². The van der Waals surface area contributed by atoms with E-state index in [1.165, 1.54) is 0 Å². The molecule has 0 aliphatic carbocycles. The summed E-state index contributed by atoms with van der Waals surface area (Å²) in [5.74, 6) is 1.58. The first-order chi connectivity index (χ1) is 14.2. The maximum Gasteiger partial charge on any atom is 0.263 e. The molecule has 1 atom stereocenters. The van der Waals surface area contributed by atoms with Crippen molar-refractivity contribution >= 4 is 17.4 Å². The summed E-state index contributed by atoms with van der Waals surface area (Å²) >= 11 is 0. The molecule has 2 aliphatic rings. The fourth-order valence-electron chi connectivity index (χ4n) is 3.66. The van der Waals surface area contributed by atoms with Gasteiger partial charge in [0.05, 0.1) is 25.1 Å². The van der Waals surface area contributed by atoms with Crippen molar-refractivity contribution in [3.8, 4) is 5.75 Å². The minimum Gasteiger partial charge on any atom is -0.481 e. The molecule has 2 aromatic rings. The van der Waals surface area contributed by atoms with Gasteiger partial charge in [-0.15, -0.1) is 5.10 Å². The maximum atomic E-state index is 12.7. The molecule has 1 amide bonds. The molecule has 2 saturated heterocycles. The summed E-state index contributed by atoms with van der Waals surface area (Å²) in [7, 11) is 0. The lowest BCUT2D eigenvalue weighted by atomic mass is 10.2. The minimum absolute atomic E-state index is 0.0154. The molecule has 0 radical (unpaired) electrons. The number of carbonyl (C=O) groups excluding carboxylic acids is 1. The second-order valence-electron chi connectivity index (χ2n) is 7.26. The van der Waals surface area contributed by atoms with Crippen molar-refractivity contribution in [1.29, 1.82) is 0 Å². The molecule has 8 heteroatoms. The van der Waals surface area contributed by atoms with E-state index in [9.17, 15) is 4.79 Å². The van der Waals surface area contributed by atoms with E-state index < -0.39 is 6.10 Å². The van der Waals surface area contributed by atoms with Crippen molar-refractivity contribution in [2.75, 3.05) is 62.3 Å². The predicted octanol–water partition coefficient (Wildman–Crippen LogP) is 1.43. The highest BCUT2D eigenvalue weighted by atomic mass is 16.5. The molecule has 4 rings (SSSR count). The Labute approximate surface area is 171 Å². The van der Waals surface area contributed by atoms with Crippen LogP contribution in [-0.2, 0) is 9.53 Å². The Morgan fingerprint density at radius 3 is 2.48 bits per heavy atom. The number of anilines is 2. The Morgan fingerprint density at radius 1 is 1.03 bits per heavy atom. The standard InChI is InChI=1S/C21H27N5O3/c1-17(29-19-5-3-2-4-6-19)21(27)26-9-7-25(8-10-26)20-15-18(16-22-23-20)24-11-13-28-14-12-24/h2-6,15-17H,7-14H2,1H3. The van der Waals surface area contributed by atoms with Crippen LogP contribution in [0.25, 0.3) is 0 Å². The minimum atomic E-state index is -0.506. The first-order valence-corrected chi connectivity index (χ1v) is 10.1. The third-order valence-electron chi connectivity index (χ3n) is 5.32. The highest BCUT2D eigenvalue weighted by molar-refractivity contribution is 5.81. The van der Waals surface area contributed by atoms with E-state index in [0.717, 1.165) is 50.9 Å². The van der Waals surface area contributed by atoms with Gasteiger partial charge in [-0.1, -0.05) is 18.2 Å². The summed E-state index contributed by atoms with van der Waals surface area (Å²) < 4.78 is 11.2. The molecule has 0 spiro atoms. The number of morpholine rings is 1. The van der Waals surface area contributed by atoms with E-state index in [4.69, 9.17) is 9.47 Å². The summed E-state index contributed by atoms with van der Waals surface area (Å²) in [6.45, 7) is 7.76. The van der Waals surface area contributed by atoms with E-state index in [2.05, 4.69) is 26.1 Å². The number of nitrogens with zero attached hydrogens (tertiary/aromatic N) is 5. The number of hydrogen-bond donors (Lipinski definition) is 0. The molecule has 3 heterocycles. The molecule has 0 saturated carbocycles. The quantitative estimate of drug-likeness (QED) is 0.756. The maximum absolute atomic E-state index is 12.7. The highest BCUT2D eigenvalue weighted by Gasteiger charge is 2.27. The molecule has 2 fully saturated rings. The summed E-state index contributed by atoms with van der Waals surface area (Å²) in [5, 5.41) is 8.50. The Hall–Kier alpha value is -2.87.